The predicted molar refractivity (Wildman–Crippen MR) is 153 cm³/mol. The number of fused-ring (bicyclic) bond motifs is 1. The lowest BCUT2D eigenvalue weighted by molar-refractivity contribution is -0.120. The fourth-order valence-corrected chi connectivity index (χ4v) is 4.69. The SMILES string of the molecule is NCCNC(=O)Cc1cccc(NC(=O)Cc2ccc(Nc3ncnc4c3ncn4[C@@H]3O[C@H](CO)[C@@H](O)[C@H]3O)cc2)c1. The van der Waals surface area contributed by atoms with Gasteiger partial charge in [0.15, 0.2) is 23.2 Å². The average Bonchev–Trinajstić information content (AvgIpc) is 3.54. The topological polar surface area (TPSA) is 210 Å². The first-order valence-corrected chi connectivity index (χ1v) is 13.4. The van der Waals surface area contributed by atoms with Crippen molar-refractivity contribution in [1.82, 2.24) is 24.8 Å². The Bertz CT molecular complexity index is 1550. The minimum absolute atomic E-state index is 0.133. The second-order valence-electron chi connectivity index (χ2n) is 9.84. The van der Waals surface area contributed by atoms with Crippen LogP contribution in [0.1, 0.15) is 17.4 Å². The Labute approximate surface area is 240 Å². The molecule has 220 valence electrons. The molecule has 0 saturated carbocycles. The van der Waals surface area contributed by atoms with Crippen molar-refractivity contribution in [3.63, 3.8) is 0 Å². The molecular formula is C28H32N8O6. The predicted octanol–water partition coefficient (Wildman–Crippen LogP) is -0.0200. The van der Waals surface area contributed by atoms with Crippen molar-refractivity contribution in [2.75, 3.05) is 30.3 Å². The highest BCUT2D eigenvalue weighted by molar-refractivity contribution is 5.92. The molecule has 8 N–H and O–H groups in total. The highest BCUT2D eigenvalue weighted by atomic mass is 16.6. The Hall–Kier alpha value is -4.47. The summed E-state index contributed by atoms with van der Waals surface area (Å²) in [6, 6.07) is 14.4. The normalized spacial score (nSPS) is 20.0. The number of carbonyl (C=O) groups excluding carboxylic acids is 2. The molecule has 0 bridgehead atoms. The van der Waals surface area contributed by atoms with Crippen molar-refractivity contribution < 1.29 is 29.6 Å². The highest BCUT2D eigenvalue weighted by Crippen LogP contribution is 2.32. The van der Waals surface area contributed by atoms with Gasteiger partial charge in [0.1, 0.15) is 24.6 Å². The van der Waals surface area contributed by atoms with E-state index in [2.05, 4.69) is 30.9 Å². The molecule has 4 atom stereocenters. The molecule has 1 aliphatic rings. The molecule has 1 aliphatic heterocycles. The molecule has 3 heterocycles. The van der Waals surface area contributed by atoms with E-state index in [0.29, 0.717) is 41.4 Å². The van der Waals surface area contributed by atoms with Crippen molar-refractivity contribution in [3.05, 3.63) is 72.3 Å². The van der Waals surface area contributed by atoms with Gasteiger partial charge in [-0.15, -0.1) is 0 Å². The third-order valence-electron chi connectivity index (χ3n) is 6.77. The third-order valence-corrected chi connectivity index (χ3v) is 6.77. The van der Waals surface area contributed by atoms with Gasteiger partial charge in [0.25, 0.3) is 0 Å². The second-order valence-corrected chi connectivity index (χ2v) is 9.84. The van der Waals surface area contributed by atoms with Crippen LogP contribution in [0.2, 0.25) is 0 Å². The van der Waals surface area contributed by atoms with Gasteiger partial charge in [-0.05, 0) is 35.4 Å². The number of amides is 2. The van der Waals surface area contributed by atoms with Crippen LogP contribution in [0.4, 0.5) is 17.2 Å². The molecule has 14 nitrogen and oxygen atoms in total. The Kier molecular flexibility index (Phi) is 9.00. The third kappa shape index (κ3) is 6.53. The van der Waals surface area contributed by atoms with Crippen LogP contribution < -0.4 is 21.7 Å². The maximum Gasteiger partial charge on any atom is 0.228 e. The van der Waals surface area contributed by atoms with Crippen LogP contribution in [0.25, 0.3) is 11.2 Å². The number of nitrogens with zero attached hydrogens (tertiary/aromatic N) is 4. The van der Waals surface area contributed by atoms with E-state index in [1.165, 1.54) is 17.2 Å². The molecule has 4 aromatic rings. The van der Waals surface area contributed by atoms with Gasteiger partial charge in [0, 0.05) is 24.5 Å². The summed E-state index contributed by atoms with van der Waals surface area (Å²) in [4.78, 5) is 37.5. The number of hydrogen-bond acceptors (Lipinski definition) is 11. The molecular weight excluding hydrogens is 544 g/mol. The average molecular weight is 577 g/mol. The largest absolute Gasteiger partial charge is 0.394 e. The van der Waals surface area contributed by atoms with E-state index in [-0.39, 0.29) is 24.7 Å². The van der Waals surface area contributed by atoms with Crippen molar-refractivity contribution in [2.24, 2.45) is 5.73 Å². The van der Waals surface area contributed by atoms with E-state index in [4.69, 9.17) is 10.5 Å². The minimum Gasteiger partial charge on any atom is -0.394 e. The van der Waals surface area contributed by atoms with Gasteiger partial charge >= 0.3 is 0 Å². The molecule has 5 rings (SSSR count). The van der Waals surface area contributed by atoms with Crippen molar-refractivity contribution in [3.8, 4) is 0 Å². The fraction of sp³-hybridized carbons (Fsp3) is 0.321. The Morgan fingerprint density at radius 3 is 2.48 bits per heavy atom. The first-order chi connectivity index (χ1) is 20.4. The summed E-state index contributed by atoms with van der Waals surface area (Å²) < 4.78 is 7.09. The lowest BCUT2D eigenvalue weighted by atomic mass is 10.1. The number of ether oxygens (including phenoxy) is 1. The van der Waals surface area contributed by atoms with Gasteiger partial charge in [-0.2, -0.15) is 0 Å². The van der Waals surface area contributed by atoms with Gasteiger partial charge in [0.2, 0.25) is 11.8 Å². The quantitative estimate of drug-likeness (QED) is 0.126. The standard InChI is InChI=1S/C28H32N8O6/c29-8-9-30-21(38)12-17-2-1-3-19(10-17)34-22(39)11-16-4-6-18(7-5-16)35-26-23-27(32-14-31-26)36(15-33-23)28-25(41)24(40)20(13-37)42-28/h1-7,10,14-15,20,24-25,28,37,40-41H,8-9,11-13,29H2,(H,30,38)(H,34,39)(H,31,32,35)/t20-,24-,25-,28-/m1/s1. The van der Waals surface area contributed by atoms with Crippen LogP contribution in [-0.2, 0) is 27.2 Å². The zero-order valence-electron chi connectivity index (χ0n) is 22.6. The van der Waals surface area contributed by atoms with Crippen LogP contribution in [0.15, 0.2) is 61.2 Å². The maximum absolute atomic E-state index is 12.7. The lowest BCUT2D eigenvalue weighted by Gasteiger charge is -2.16. The number of hydrogen-bond donors (Lipinski definition) is 7. The number of imidazole rings is 1. The number of aliphatic hydroxyl groups is 3. The summed E-state index contributed by atoms with van der Waals surface area (Å²) in [5.74, 6) is 0.0762. The van der Waals surface area contributed by atoms with Crippen LogP contribution in [0.3, 0.4) is 0 Å². The van der Waals surface area contributed by atoms with Crippen LogP contribution in [0, 0.1) is 0 Å². The molecule has 1 saturated heterocycles. The number of nitrogens with two attached hydrogens (primary N) is 1. The number of benzene rings is 2. The van der Waals surface area contributed by atoms with Gasteiger partial charge in [-0.1, -0.05) is 24.3 Å². The summed E-state index contributed by atoms with van der Waals surface area (Å²) in [5.41, 5.74) is 9.07. The summed E-state index contributed by atoms with van der Waals surface area (Å²) in [6.07, 6.45) is -1.31. The van der Waals surface area contributed by atoms with Gasteiger partial charge in [-0.25, -0.2) is 15.0 Å². The number of nitrogens with one attached hydrogen (secondary N) is 3. The molecule has 0 radical (unpaired) electrons. The summed E-state index contributed by atoms with van der Waals surface area (Å²) in [5, 5.41) is 38.7. The van der Waals surface area contributed by atoms with E-state index in [9.17, 15) is 24.9 Å². The zero-order valence-corrected chi connectivity index (χ0v) is 22.6. The van der Waals surface area contributed by atoms with Crippen LogP contribution in [-0.4, -0.2) is 84.7 Å². The fourth-order valence-electron chi connectivity index (χ4n) is 4.69. The Balaban J connectivity index is 1.20. The van der Waals surface area contributed by atoms with E-state index in [1.54, 1.807) is 30.3 Å². The smallest absolute Gasteiger partial charge is 0.228 e. The van der Waals surface area contributed by atoms with Crippen molar-refractivity contribution >= 4 is 40.2 Å². The van der Waals surface area contributed by atoms with Gasteiger partial charge < -0.3 is 41.7 Å². The van der Waals surface area contributed by atoms with Gasteiger partial charge in [0.05, 0.1) is 25.8 Å². The van der Waals surface area contributed by atoms with E-state index in [1.807, 2.05) is 18.2 Å². The maximum atomic E-state index is 12.7. The molecule has 1 fully saturated rings. The van der Waals surface area contributed by atoms with Crippen molar-refractivity contribution in [2.45, 2.75) is 37.4 Å². The summed E-state index contributed by atoms with van der Waals surface area (Å²) in [6.45, 7) is 0.344. The second kappa shape index (κ2) is 13.0. The van der Waals surface area contributed by atoms with Crippen LogP contribution >= 0.6 is 0 Å². The highest BCUT2D eigenvalue weighted by Gasteiger charge is 2.44. The number of carbonyl (C=O) groups is 2. The number of anilines is 3. The van der Waals surface area contributed by atoms with Crippen LogP contribution in [0.5, 0.6) is 0 Å². The monoisotopic (exact) mass is 576 g/mol. The number of aliphatic hydroxyl groups excluding tert-OH is 3. The van der Waals surface area contributed by atoms with E-state index in [0.717, 1.165) is 11.1 Å². The number of aromatic nitrogens is 4. The number of rotatable bonds is 11. The van der Waals surface area contributed by atoms with E-state index < -0.39 is 31.1 Å². The molecule has 42 heavy (non-hydrogen) atoms. The molecule has 2 aromatic carbocycles. The first-order valence-electron chi connectivity index (χ1n) is 13.4. The summed E-state index contributed by atoms with van der Waals surface area (Å²) >= 11 is 0. The van der Waals surface area contributed by atoms with E-state index >= 15 is 0 Å². The molecule has 2 aromatic heterocycles. The minimum atomic E-state index is -1.27. The molecule has 0 spiro atoms. The Morgan fingerprint density at radius 1 is 0.952 bits per heavy atom. The zero-order chi connectivity index (χ0) is 29.6. The molecule has 2 amide bonds. The molecule has 0 unspecified atom stereocenters. The molecule has 0 aliphatic carbocycles. The summed E-state index contributed by atoms with van der Waals surface area (Å²) in [7, 11) is 0. The Morgan fingerprint density at radius 2 is 1.74 bits per heavy atom. The molecule has 14 heteroatoms. The lowest BCUT2D eigenvalue weighted by Crippen LogP contribution is -2.33. The van der Waals surface area contributed by atoms with Gasteiger partial charge in [-0.3, -0.25) is 14.2 Å². The van der Waals surface area contributed by atoms with Crippen molar-refractivity contribution in [1.29, 1.82) is 0 Å². The first kappa shape index (κ1) is 29.0.